The molecule has 0 unspecified atom stereocenters. The smallest absolute Gasteiger partial charge is 0.137 e. The van der Waals surface area contributed by atoms with Crippen LogP contribution >= 0.6 is 11.6 Å². The molecule has 112 valence electrons. The molecule has 0 amide bonds. The van der Waals surface area contributed by atoms with Gasteiger partial charge in [0.15, 0.2) is 0 Å². The van der Waals surface area contributed by atoms with Gasteiger partial charge < -0.3 is 5.32 Å². The third-order valence-corrected chi connectivity index (χ3v) is 4.14. The normalized spacial score (nSPS) is 14.8. The van der Waals surface area contributed by atoms with E-state index in [1.54, 1.807) is 0 Å². The first-order valence-electron chi connectivity index (χ1n) is 7.66. The topological polar surface area (TPSA) is 41.1 Å². The number of hydrogen-bond donors (Lipinski definition) is 1. The zero-order valence-electron chi connectivity index (χ0n) is 12.7. The molecule has 1 N–H and O–H groups in total. The minimum absolute atomic E-state index is 0.570. The molecule has 0 saturated heterocycles. The SMILES string of the molecule is CCCc1nc(Cl)c(C)c(NCCN(CC)C2CC2)n1. The highest BCUT2D eigenvalue weighted by molar-refractivity contribution is 6.30. The number of aromatic nitrogens is 2. The summed E-state index contributed by atoms with van der Waals surface area (Å²) in [7, 11) is 0. The third-order valence-electron chi connectivity index (χ3n) is 3.77. The summed E-state index contributed by atoms with van der Waals surface area (Å²) >= 11 is 6.18. The lowest BCUT2D eigenvalue weighted by Gasteiger charge is -2.20. The van der Waals surface area contributed by atoms with Crippen LogP contribution in [0.25, 0.3) is 0 Å². The number of halogens is 1. The molecule has 0 aliphatic heterocycles. The van der Waals surface area contributed by atoms with Gasteiger partial charge in [-0.1, -0.05) is 25.4 Å². The average molecular weight is 297 g/mol. The number of anilines is 1. The zero-order chi connectivity index (χ0) is 14.5. The second kappa shape index (κ2) is 7.23. The van der Waals surface area contributed by atoms with E-state index < -0.39 is 0 Å². The fourth-order valence-electron chi connectivity index (χ4n) is 2.40. The molecule has 2 rings (SSSR count). The van der Waals surface area contributed by atoms with Crippen LogP contribution in [0, 0.1) is 6.92 Å². The predicted octanol–water partition coefficient (Wildman–Crippen LogP) is 3.29. The lowest BCUT2D eigenvalue weighted by atomic mass is 10.3. The Morgan fingerprint density at radius 1 is 1.30 bits per heavy atom. The highest BCUT2D eigenvalue weighted by Crippen LogP contribution is 2.26. The van der Waals surface area contributed by atoms with Crippen LogP contribution in [0.2, 0.25) is 5.15 Å². The maximum Gasteiger partial charge on any atom is 0.137 e. The molecule has 1 aliphatic rings. The number of likely N-dealkylation sites (N-methyl/N-ethyl adjacent to an activating group) is 1. The molecule has 1 aromatic rings. The molecule has 0 atom stereocenters. The van der Waals surface area contributed by atoms with Crippen LogP contribution in [0.15, 0.2) is 0 Å². The van der Waals surface area contributed by atoms with Crippen LogP contribution in [0.5, 0.6) is 0 Å². The highest BCUT2D eigenvalue weighted by Gasteiger charge is 2.27. The van der Waals surface area contributed by atoms with Crippen molar-refractivity contribution < 1.29 is 0 Å². The fraction of sp³-hybridized carbons (Fsp3) is 0.733. The van der Waals surface area contributed by atoms with Gasteiger partial charge in [0.25, 0.3) is 0 Å². The van der Waals surface area contributed by atoms with E-state index >= 15 is 0 Å². The molecule has 0 radical (unpaired) electrons. The molecule has 1 aliphatic carbocycles. The summed E-state index contributed by atoms with van der Waals surface area (Å²) < 4.78 is 0. The van der Waals surface area contributed by atoms with Crippen LogP contribution < -0.4 is 5.32 Å². The van der Waals surface area contributed by atoms with Crippen LogP contribution in [0.1, 0.15) is 44.5 Å². The molecule has 4 nitrogen and oxygen atoms in total. The van der Waals surface area contributed by atoms with Crippen molar-refractivity contribution in [2.45, 2.75) is 52.5 Å². The quantitative estimate of drug-likeness (QED) is 0.748. The minimum atomic E-state index is 0.570. The lowest BCUT2D eigenvalue weighted by Crippen LogP contribution is -2.31. The molecule has 1 saturated carbocycles. The van der Waals surface area contributed by atoms with Gasteiger partial charge in [-0.15, -0.1) is 0 Å². The Balaban J connectivity index is 1.93. The van der Waals surface area contributed by atoms with Gasteiger partial charge in [-0.2, -0.15) is 0 Å². The van der Waals surface area contributed by atoms with Gasteiger partial charge in [0.05, 0.1) is 0 Å². The van der Waals surface area contributed by atoms with Crippen molar-refractivity contribution in [2.75, 3.05) is 25.0 Å². The third kappa shape index (κ3) is 4.06. The first-order valence-corrected chi connectivity index (χ1v) is 8.04. The average Bonchev–Trinajstić information content (AvgIpc) is 3.25. The van der Waals surface area contributed by atoms with E-state index in [2.05, 4.69) is 34.0 Å². The summed E-state index contributed by atoms with van der Waals surface area (Å²) in [5.74, 6) is 1.72. The van der Waals surface area contributed by atoms with Crippen molar-refractivity contribution in [3.05, 3.63) is 16.5 Å². The predicted molar refractivity (Wildman–Crippen MR) is 84.5 cm³/mol. The number of nitrogens with zero attached hydrogens (tertiary/aromatic N) is 3. The maximum atomic E-state index is 6.18. The van der Waals surface area contributed by atoms with E-state index in [1.807, 2.05) is 6.92 Å². The second-order valence-electron chi connectivity index (χ2n) is 5.44. The fourth-order valence-corrected chi connectivity index (χ4v) is 2.58. The Labute approximate surface area is 126 Å². The Kier molecular flexibility index (Phi) is 5.61. The van der Waals surface area contributed by atoms with E-state index in [4.69, 9.17) is 11.6 Å². The highest BCUT2D eigenvalue weighted by atomic mass is 35.5. The Morgan fingerprint density at radius 2 is 2.05 bits per heavy atom. The molecule has 0 bridgehead atoms. The Bertz CT molecular complexity index is 446. The van der Waals surface area contributed by atoms with E-state index in [9.17, 15) is 0 Å². The Hall–Kier alpha value is -0.870. The van der Waals surface area contributed by atoms with Crippen LogP contribution in [-0.2, 0) is 6.42 Å². The molecule has 1 heterocycles. The van der Waals surface area contributed by atoms with Gasteiger partial charge in [-0.25, -0.2) is 9.97 Å². The summed E-state index contributed by atoms with van der Waals surface area (Å²) in [5.41, 5.74) is 0.945. The van der Waals surface area contributed by atoms with Gasteiger partial charge in [0, 0.05) is 31.1 Å². The van der Waals surface area contributed by atoms with Crippen LogP contribution in [0.4, 0.5) is 5.82 Å². The van der Waals surface area contributed by atoms with Crippen LogP contribution in [0.3, 0.4) is 0 Å². The molecule has 0 aromatic carbocycles. The number of hydrogen-bond acceptors (Lipinski definition) is 4. The van der Waals surface area contributed by atoms with Gasteiger partial charge in [0.2, 0.25) is 0 Å². The maximum absolute atomic E-state index is 6.18. The zero-order valence-corrected chi connectivity index (χ0v) is 13.5. The monoisotopic (exact) mass is 296 g/mol. The van der Waals surface area contributed by atoms with E-state index in [0.717, 1.165) is 55.7 Å². The molecule has 20 heavy (non-hydrogen) atoms. The summed E-state index contributed by atoms with van der Waals surface area (Å²) in [4.78, 5) is 11.4. The summed E-state index contributed by atoms with van der Waals surface area (Å²) in [6, 6.07) is 0.813. The van der Waals surface area contributed by atoms with Crippen molar-refractivity contribution in [1.82, 2.24) is 14.9 Å². The van der Waals surface area contributed by atoms with Crippen molar-refractivity contribution in [1.29, 1.82) is 0 Å². The van der Waals surface area contributed by atoms with Gasteiger partial charge >= 0.3 is 0 Å². The second-order valence-corrected chi connectivity index (χ2v) is 5.80. The lowest BCUT2D eigenvalue weighted by molar-refractivity contribution is 0.289. The Morgan fingerprint density at radius 3 is 2.65 bits per heavy atom. The summed E-state index contributed by atoms with van der Waals surface area (Å²) in [5, 5.41) is 3.99. The van der Waals surface area contributed by atoms with Gasteiger partial charge in [0.1, 0.15) is 16.8 Å². The van der Waals surface area contributed by atoms with E-state index in [1.165, 1.54) is 12.8 Å². The molecular weight excluding hydrogens is 272 g/mol. The number of aryl methyl sites for hydroxylation is 1. The van der Waals surface area contributed by atoms with Crippen molar-refractivity contribution in [3.8, 4) is 0 Å². The van der Waals surface area contributed by atoms with Crippen LogP contribution in [-0.4, -0.2) is 40.5 Å². The molecule has 0 spiro atoms. The first-order chi connectivity index (χ1) is 9.65. The molecule has 1 aromatic heterocycles. The molecular formula is C15H25ClN4. The minimum Gasteiger partial charge on any atom is -0.368 e. The van der Waals surface area contributed by atoms with Crippen molar-refractivity contribution in [3.63, 3.8) is 0 Å². The molecule has 5 heteroatoms. The van der Waals surface area contributed by atoms with E-state index in [0.29, 0.717) is 5.15 Å². The largest absolute Gasteiger partial charge is 0.368 e. The van der Waals surface area contributed by atoms with Crippen molar-refractivity contribution >= 4 is 17.4 Å². The van der Waals surface area contributed by atoms with Gasteiger partial charge in [-0.3, -0.25) is 4.90 Å². The summed E-state index contributed by atoms with van der Waals surface area (Å²) in [6.07, 6.45) is 4.61. The molecule has 1 fully saturated rings. The van der Waals surface area contributed by atoms with E-state index in [-0.39, 0.29) is 0 Å². The first kappa shape index (κ1) is 15.5. The number of nitrogens with one attached hydrogen (secondary N) is 1. The number of rotatable bonds is 8. The standard InChI is InChI=1S/C15H25ClN4/c1-4-6-13-18-14(16)11(3)15(19-13)17-9-10-20(5-2)12-7-8-12/h12H,4-10H2,1-3H3,(H,17,18,19). The van der Waals surface area contributed by atoms with Crippen molar-refractivity contribution in [2.24, 2.45) is 0 Å². The summed E-state index contributed by atoms with van der Waals surface area (Å²) in [6.45, 7) is 9.41. The van der Waals surface area contributed by atoms with Gasteiger partial charge in [-0.05, 0) is 32.7 Å².